The van der Waals surface area contributed by atoms with Crippen molar-refractivity contribution in [3.8, 4) is 0 Å². The van der Waals surface area contributed by atoms with Gasteiger partial charge in [-0.1, -0.05) is 58.0 Å². The maximum Gasteiger partial charge on any atom is 0.326 e. The van der Waals surface area contributed by atoms with E-state index >= 15 is 0 Å². The van der Waals surface area contributed by atoms with Gasteiger partial charge in [0.2, 0.25) is 47.3 Å². The van der Waals surface area contributed by atoms with Crippen LogP contribution >= 0.6 is 0 Å². The minimum atomic E-state index is -1.64. The number of hydrogen-bond donors (Lipinski definition) is 12. The van der Waals surface area contributed by atoms with Gasteiger partial charge >= 0.3 is 17.9 Å². The van der Waals surface area contributed by atoms with E-state index in [0.717, 1.165) is 0 Å². The maximum absolute atomic E-state index is 13.5. The third-order valence-corrected chi connectivity index (χ3v) is 9.31. The Hall–Kier alpha value is -6.65. The Morgan fingerprint density at radius 1 is 0.540 bits per heavy atom. The van der Waals surface area contributed by atoms with E-state index in [9.17, 15) is 63.0 Å². The molecule has 0 bridgehead atoms. The van der Waals surface area contributed by atoms with Crippen LogP contribution in [-0.4, -0.2) is 129 Å². The Bertz CT molecular complexity index is 1810. The van der Waals surface area contributed by atoms with Gasteiger partial charge in [-0.05, 0) is 50.5 Å². The molecule has 0 fully saturated rings. The largest absolute Gasteiger partial charge is 0.481 e. The molecule has 14 N–H and O–H groups in total. The van der Waals surface area contributed by atoms with Gasteiger partial charge in [-0.15, -0.1) is 0 Å². The second-order valence-corrected chi connectivity index (χ2v) is 15.7. The summed E-state index contributed by atoms with van der Waals surface area (Å²) < 4.78 is 0. The van der Waals surface area contributed by atoms with Gasteiger partial charge in [0.05, 0.1) is 12.5 Å². The van der Waals surface area contributed by atoms with Gasteiger partial charge in [-0.25, -0.2) is 4.79 Å². The summed E-state index contributed by atoms with van der Waals surface area (Å²) in [4.78, 5) is 139. The van der Waals surface area contributed by atoms with Crippen molar-refractivity contribution in [1.29, 1.82) is 0 Å². The second kappa shape index (κ2) is 26.6. The highest BCUT2D eigenvalue weighted by atomic mass is 16.4. The first kappa shape index (κ1) is 54.4. The summed E-state index contributed by atoms with van der Waals surface area (Å²) in [6.07, 6.45) is -2.48. The van der Waals surface area contributed by atoms with E-state index in [1.807, 2.05) is 0 Å². The minimum absolute atomic E-state index is 0.00521. The van der Waals surface area contributed by atoms with Crippen LogP contribution in [0.15, 0.2) is 30.3 Å². The molecule has 8 amide bonds. The summed E-state index contributed by atoms with van der Waals surface area (Å²) in [5.41, 5.74) is 11.7. The molecule has 0 saturated heterocycles. The molecule has 0 aliphatic carbocycles. The average molecular weight is 892 g/mol. The van der Waals surface area contributed by atoms with E-state index in [-0.39, 0.29) is 25.2 Å². The first-order chi connectivity index (χ1) is 29.3. The fourth-order valence-electron chi connectivity index (χ4n) is 5.79. The van der Waals surface area contributed by atoms with Crippen molar-refractivity contribution in [1.82, 2.24) is 37.2 Å². The quantitative estimate of drug-likeness (QED) is 0.0410. The second-order valence-electron chi connectivity index (χ2n) is 15.7. The lowest BCUT2D eigenvalue weighted by molar-refractivity contribution is -0.143. The highest BCUT2D eigenvalue weighted by molar-refractivity contribution is 5.98. The van der Waals surface area contributed by atoms with Gasteiger partial charge in [0, 0.05) is 19.3 Å². The van der Waals surface area contributed by atoms with Crippen molar-refractivity contribution in [2.75, 3.05) is 0 Å². The van der Waals surface area contributed by atoms with Crippen LogP contribution in [-0.2, 0) is 59.2 Å². The van der Waals surface area contributed by atoms with Gasteiger partial charge < -0.3 is 64.0 Å². The zero-order valence-corrected chi connectivity index (χ0v) is 36.1. The van der Waals surface area contributed by atoms with Crippen LogP contribution in [0.4, 0.5) is 0 Å². The molecule has 350 valence electrons. The van der Waals surface area contributed by atoms with Gasteiger partial charge in [0.25, 0.3) is 0 Å². The number of rotatable bonds is 28. The van der Waals surface area contributed by atoms with E-state index in [4.69, 9.17) is 16.6 Å². The number of carbonyl (C=O) groups excluding carboxylic acids is 8. The number of hydrogen-bond acceptors (Lipinski definition) is 12. The fraction of sp³-hybridized carbons (Fsp3) is 0.575. The summed E-state index contributed by atoms with van der Waals surface area (Å²) >= 11 is 0. The summed E-state index contributed by atoms with van der Waals surface area (Å²) in [5.74, 6) is -12.2. The third-order valence-electron chi connectivity index (χ3n) is 9.31. The SMILES string of the molecule is CC(C)C[C@H](NC(=O)[C@H](CC(N)=O)NC(=O)[C@@H](NC(=O)[C@@H](N)CCC(=O)O)C(C)C)C(=O)N[C@@H](C)C(=O)N[C@@H](C)C(=O)N[C@@H](CCC(=O)O)C(=O)N[C@@H](Cc1ccccc1)C(=O)O. The molecule has 0 unspecified atom stereocenters. The molecule has 0 aliphatic heterocycles. The van der Waals surface area contributed by atoms with Gasteiger partial charge in [-0.3, -0.25) is 47.9 Å². The topological polar surface area (TPSA) is 385 Å². The van der Waals surface area contributed by atoms with E-state index in [1.54, 1.807) is 58.0 Å². The molecule has 8 atom stereocenters. The molecule has 63 heavy (non-hydrogen) atoms. The zero-order valence-electron chi connectivity index (χ0n) is 36.1. The zero-order chi connectivity index (χ0) is 48.1. The van der Waals surface area contributed by atoms with Crippen LogP contribution in [0, 0.1) is 11.8 Å². The molecule has 0 aromatic heterocycles. The number of aliphatic carboxylic acids is 3. The molecular weight excluding hydrogens is 830 g/mol. The van der Waals surface area contributed by atoms with Crippen LogP contribution in [0.25, 0.3) is 0 Å². The van der Waals surface area contributed by atoms with Gasteiger partial charge in [0.1, 0.15) is 42.3 Å². The van der Waals surface area contributed by atoms with E-state index in [2.05, 4.69) is 37.2 Å². The Kier molecular flexibility index (Phi) is 23.0. The van der Waals surface area contributed by atoms with Crippen LogP contribution in [0.5, 0.6) is 0 Å². The number of carboxylic acid groups (broad SMARTS) is 3. The average Bonchev–Trinajstić information content (AvgIpc) is 3.18. The highest BCUT2D eigenvalue weighted by Gasteiger charge is 2.34. The van der Waals surface area contributed by atoms with Crippen LogP contribution in [0.3, 0.4) is 0 Å². The third kappa shape index (κ3) is 20.6. The van der Waals surface area contributed by atoms with Crippen molar-refractivity contribution in [2.24, 2.45) is 23.3 Å². The molecule has 1 aromatic rings. The highest BCUT2D eigenvalue weighted by Crippen LogP contribution is 2.10. The number of benzene rings is 1. The molecule has 23 nitrogen and oxygen atoms in total. The number of primary amides is 1. The molecule has 1 aromatic carbocycles. The summed E-state index contributed by atoms with van der Waals surface area (Å²) in [6, 6.07) is -2.87. The number of amides is 8. The molecule has 23 heteroatoms. The number of carboxylic acids is 3. The minimum Gasteiger partial charge on any atom is -0.481 e. The fourth-order valence-corrected chi connectivity index (χ4v) is 5.79. The van der Waals surface area contributed by atoms with Crippen molar-refractivity contribution in [2.45, 2.75) is 135 Å². The van der Waals surface area contributed by atoms with Crippen LogP contribution in [0.1, 0.15) is 85.6 Å². The van der Waals surface area contributed by atoms with E-state index in [0.29, 0.717) is 5.56 Å². The number of carbonyl (C=O) groups is 11. The lowest BCUT2D eigenvalue weighted by Gasteiger charge is -2.28. The molecule has 1 rings (SSSR count). The Balaban J connectivity index is 3.07. The molecular formula is C40H61N9O14. The molecule has 0 aliphatic rings. The Labute approximate surface area is 364 Å². The lowest BCUT2D eigenvalue weighted by atomic mass is 10.0. The Morgan fingerprint density at radius 3 is 1.51 bits per heavy atom. The molecule has 0 saturated carbocycles. The van der Waals surface area contributed by atoms with Crippen LogP contribution in [0.2, 0.25) is 0 Å². The predicted molar refractivity (Wildman–Crippen MR) is 222 cm³/mol. The van der Waals surface area contributed by atoms with Crippen molar-refractivity contribution in [3.05, 3.63) is 35.9 Å². The molecule has 0 radical (unpaired) electrons. The van der Waals surface area contributed by atoms with Crippen LogP contribution < -0.4 is 48.7 Å². The molecule has 0 heterocycles. The maximum atomic E-state index is 13.5. The number of nitrogens with one attached hydrogen (secondary N) is 7. The van der Waals surface area contributed by atoms with E-state index in [1.165, 1.54) is 13.8 Å². The Morgan fingerprint density at radius 2 is 1.00 bits per heavy atom. The summed E-state index contributed by atoms with van der Waals surface area (Å²) in [7, 11) is 0. The first-order valence-corrected chi connectivity index (χ1v) is 20.2. The normalized spacial score (nSPS) is 14.8. The van der Waals surface area contributed by atoms with Gasteiger partial charge in [-0.2, -0.15) is 0 Å². The van der Waals surface area contributed by atoms with Gasteiger partial charge in [0.15, 0.2) is 0 Å². The van der Waals surface area contributed by atoms with E-state index < -0.39 is 145 Å². The lowest BCUT2D eigenvalue weighted by Crippen LogP contribution is -2.60. The molecule has 0 spiro atoms. The summed E-state index contributed by atoms with van der Waals surface area (Å²) in [6.45, 7) is 9.07. The smallest absolute Gasteiger partial charge is 0.326 e. The standard InChI is InChI=1S/C40H61N9O14/c1-19(2)16-26(46-38(60)27(18-29(42)50)47-39(61)32(20(3)4)49-35(57)24(41)12-14-30(51)52)37(59)44-21(5)33(55)43-22(6)34(56)45-25(13-15-31(53)54)36(58)48-28(40(62)63)17-23-10-8-7-9-11-23/h7-11,19-22,24-28,32H,12-18,41H2,1-6H3,(H2,42,50)(H,43,55)(H,44,59)(H,45,56)(H,46,60)(H,47,61)(H,48,58)(H,49,57)(H,51,52)(H,53,54)(H,62,63)/t21-,22-,24-,25-,26-,27-,28-,32-/m0/s1. The summed E-state index contributed by atoms with van der Waals surface area (Å²) in [5, 5.41) is 44.5. The van der Waals surface area contributed by atoms with Crippen molar-refractivity contribution in [3.63, 3.8) is 0 Å². The monoisotopic (exact) mass is 891 g/mol. The van der Waals surface area contributed by atoms with Crippen molar-refractivity contribution >= 4 is 65.2 Å². The first-order valence-electron chi connectivity index (χ1n) is 20.2. The van der Waals surface area contributed by atoms with Crippen molar-refractivity contribution < 1.29 is 68.1 Å². The number of nitrogens with two attached hydrogens (primary N) is 2. The predicted octanol–water partition coefficient (Wildman–Crippen LogP) is -2.62.